The molecule has 2 saturated heterocycles. The summed E-state index contributed by atoms with van der Waals surface area (Å²) in [5, 5.41) is 3.04. The first-order valence-corrected chi connectivity index (χ1v) is 10.0. The Morgan fingerprint density at radius 1 is 1.18 bits per heavy atom. The quantitative estimate of drug-likeness (QED) is 0.867. The van der Waals surface area contributed by atoms with Crippen LogP contribution in [0.25, 0.3) is 0 Å². The van der Waals surface area contributed by atoms with Gasteiger partial charge in [0.2, 0.25) is 5.91 Å². The fraction of sp³-hybridized carbons (Fsp3) is 0.409. The highest BCUT2D eigenvalue weighted by Crippen LogP contribution is 2.32. The highest BCUT2D eigenvalue weighted by atomic mass is 16.2. The Morgan fingerprint density at radius 2 is 2.07 bits per heavy atom. The molecule has 0 spiro atoms. The van der Waals surface area contributed by atoms with Crippen molar-refractivity contribution >= 4 is 23.3 Å². The standard InChI is InChI=1S/C22H26N4O2/c1-16-14-18(9-10-19(16)25-13-5-8-21(25)27)24-22(28)26-12-3-2-7-20(26)17-6-4-11-23-15-17/h4,6,9-11,14-15,20H,2-3,5,7-8,12-13H2,1H3,(H,24,28)/t20-/m1/s1. The third-order valence-electron chi connectivity index (χ3n) is 5.65. The molecule has 2 aliphatic heterocycles. The van der Waals surface area contributed by atoms with Gasteiger partial charge in [0.05, 0.1) is 6.04 Å². The van der Waals surface area contributed by atoms with Gasteiger partial charge in [-0.15, -0.1) is 0 Å². The number of aryl methyl sites for hydroxylation is 1. The Balaban J connectivity index is 1.49. The van der Waals surface area contributed by atoms with E-state index in [1.165, 1.54) is 0 Å². The van der Waals surface area contributed by atoms with Crippen molar-refractivity contribution in [1.82, 2.24) is 9.88 Å². The molecular weight excluding hydrogens is 352 g/mol. The van der Waals surface area contributed by atoms with Crippen molar-refractivity contribution in [2.75, 3.05) is 23.3 Å². The summed E-state index contributed by atoms with van der Waals surface area (Å²) in [5.74, 6) is 0.174. The molecule has 0 bridgehead atoms. The van der Waals surface area contributed by atoms with Gasteiger partial charge in [-0.2, -0.15) is 0 Å². The van der Waals surface area contributed by atoms with Crippen LogP contribution in [0.5, 0.6) is 0 Å². The molecule has 1 aromatic heterocycles. The molecule has 1 atom stereocenters. The Hall–Kier alpha value is -2.89. The first kappa shape index (κ1) is 18.5. The van der Waals surface area contributed by atoms with Crippen LogP contribution in [-0.4, -0.2) is 34.9 Å². The van der Waals surface area contributed by atoms with Gasteiger partial charge >= 0.3 is 6.03 Å². The van der Waals surface area contributed by atoms with Crippen LogP contribution >= 0.6 is 0 Å². The lowest BCUT2D eigenvalue weighted by atomic mass is 9.97. The van der Waals surface area contributed by atoms with Gasteiger partial charge in [-0.3, -0.25) is 9.78 Å². The van der Waals surface area contributed by atoms with Gasteiger partial charge in [-0.25, -0.2) is 4.79 Å². The summed E-state index contributed by atoms with van der Waals surface area (Å²) >= 11 is 0. The number of nitrogens with zero attached hydrogens (tertiary/aromatic N) is 3. The van der Waals surface area contributed by atoms with Gasteiger partial charge in [0, 0.05) is 43.3 Å². The van der Waals surface area contributed by atoms with Crippen molar-refractivity contribution in [2.45, 2.75) is 45.1 Å². The van der Waals surface area contributed by atoms with Crippen LogP contribution in [0.15, 0.2) is 42.7 Å². The summed E-state index contributed by atoms with van der Waals surface area (Å²) in [6.45, 7) is 3.49. The second-order valence-electron chi connectivity index (χ2n) is 7.57. The first-order chi connectivity index (χ1) is 13.6. The fourth-order valence-electron chi connectivity index (χ4n) is 4.23. The number of amides is 3. The van der Waals surface area contributed by atoms with Gasteiger partial charge in [0.15, 0.2) is 0 Å². The molecular formula is C22H26N4O2. The van der Waals surface area contributed by atoms with E-state index in [4.69, 9.17) is 0 Å². The SMILES string of the molecule is Cc1cc(NC(=O)N2CCCC[C@@H]2c2cccnc2)ccc1N1CCCC1=O. The third-order valence-corrected chi connectivity index (χ3v) is 5.65. The highest BCUT2D eigenvalue weighted by molar-refractivity contribution is 5.97. The maximum Gasteiger partial charge on any atom is 0.322 e. The highest BCUT2D eigenvalue weighted by Gasteiger charge is 2.28. The number of piperidine rings is 1. The average molecular weight is 378 g/mol. The number of rotatable bonds is 3. The molecule has 0 unspecified atom stereocenters. The molecule has 2 aromatic rings. The first-order valence-electron chi connectivity index (χ1n) is 10.0. The van der Waals surface area contributed by atoms with Crippen LogP contribution < -0.4 is 10.2 Å². The van der Waals surface area contributed by atoms with E-state index < -0.39 is 0 Å². The van der Waals surface area contributed by atoms with Crippen LogP contribution in [-0.2, 0) is 4.79 Å². The maximum absolute atomic E-state index is 13.0. The van der Waals surface area contributed by atoms with E-state index in [0.29, 0.717) is 6.42 Å². The Kier molecular flexibility index (Phi) is 5.28. The average Bonchev–Trinajstić information content (AvgIpc) is 3.14. The predicted molar refractivity (Wildman–Crippen MR) is 109 cm³/mol. The molecule has 3 heterocycles. The van der Waals surface area contributed by atoms with E-state index in [1.54, 1.807) is 6.20 Å². The van der Waals surface area contributed by atoms with Gasteiger partial charge in [0.1, 0.15) is 0 Å². The molecule has 6 heteroatoms. The van der Waals surface area contributed by atoms with Crippen molar-refractivity contribution in [3.8, 4) is 0 Å². The van der Waals surface area contributed by atoms with Gasteiger partial charge in [0.25, 0.3) is 0 Å². The topological polar surface area (TPSA) is 65.5 Å². The molecule has 0 aliphatic carbocycles. The second-order valence-corrected chi connectivity index (χ2v) is 7.57. The smallest absolute Gasteiger partial charge is 0.317 e. The fourth-order valence-corrected chi connectivity index (χ4v) is 4.23. The van der Waals surface area contributed by atoms with E-state index in [1.807, 2.05) is 53.3 Å². The normalized spacial score (nSPS) is 19.8. The van der Waals surface area contributed by atoms with Crippen LogP contribution in [0.3, 0.4) is 0 Å². The lowest BCUT2D eigenvalue weighted by Crippen LogP contribution is -2.41. The zero-order valence-electron chi connectivity index (χ0n) is 16.2. The van der Waals surface area contributed by atoms with E-state index in [-0.39, 0.29) is 18.0 Å². The molecule has 0 saturated carbocycles. The number of carbonyl (C=O) groups excluding carboxylic acids is 2. The molecule has 6 nitrogen and oxygen atoms in total. The maximum atomic E-state index is 13.0. The minimum Gasteiger partial charge on any atom is -0.317 e. The van der Waals surface area contributed by atoms with Crippen LogP contribution in [0.1, 0.15) is 49.3 Å². The number of hydrogen-bond acceptors (Lipinski definition) is 3. The third kappa shape index (κ3) is 3.72. The van der Waals surface area contributed by atoms with Gasteiger partial charge in [-0.05, 0) is 68.0 Å². The van der Waals surface area contributed by atoms with Gasteiger partial charge < -0.3 is 15.1 Å². The number of urea groups is 1. The van der Waals surface area contributed by atoms with E-state index in [9.17, 15) is 9.59 Å². The van der Waals surface area contributed by atoms with Crippen molar-refractivity contribution in [3.63, 3.8) is 0 Å². The molecule has 1 aromatic carbocycles. The predicted octanol–water partition coefficient (Wildman–Crippen LogP) is 4.28. The Bertz CT molecular complexity index is 868. The summed E-state index contributed by atoms with van der Waals surface area (Å²) in [7, 11) is 0. The van der Waals surface area contributed by atoms with E-state index in [2.05, 4.69) is 10.3 Å². The summed E-state index contributed by atoms with van der Waals surface area (Å²) in [4.78, 5) is 33.0. The van der Waals surface area contributed by atoms with Crippen molar-refractivity contribution < 1.29 is 9.59 Å². The lowest BCUT2D eigenvalue weighted by molar-refractivity contribution is -0.117. The summed E-state index contributed by atoms with van der Waals surface area (Å²) in [6.07, 6.45) is 8.20. The number of anilines is 2. The summed E-state index contributed by atoms with van der Waals surface area (Å²) in [5.41, 5.74) is 3.77. The summed E-state index contributed by atoms with van der Waals surface area (Å²) < 4.78 is 0. The number of pyridine rings is 1. The number of carbonyl (C=O) groups is 2. The van der Waals surface area contributed by atoms with Crippen molar-refractivity contribution in [3.05, 3.63) is 53.9 Å². The Morgan fingerprint density at radius 3 is 2.79 bits per heavy atom. The largest absolute Gasteiger partial charge is 0.322 e. The van der Waals surface area contributed by atoms with Gasteiger partial charge in [-0.1, -0.05) is 6.07 Å². The van der Waals surface area contributed by atoms with E-state index in [0.717, 1.165) is 61.3 Å². The minimum atomic E-state index is -0.0852. The number of benzene rings is 1. The van der Waals surface area contributed by atoms with Crippen LogP contribution in [0.2, 0.25) is 0 Å². The second kappa shape index (κ2) is 8.00. The summed E-state index contributed by atoms with van der Waals surface area (Å²) in [6, 6.07) is 9.69. The molecule has 28 heavy (non-hydrogen) atoms. The number of nitrogens with one attached hydrogen (secondary N) is 1. The van der Waals surface area contributed by atoms with Crippen molar-refractivity contribution in [1.29, 1.82) is 0 Å². The molecule has 2 aliphatic rings. The zero-order chi connectivity index (χ0) is 19.5. The molecule has 2 fully saturated rings. The van der Waals surface area contributed by atoms with E-state index >= 15 is 0 Å². The molecule has 3 amide bonds. The number of aromatic nitrogens is 1. The molecule has 0 radical (unpaired) electrons. The molecule has 4 rings (SSSR count). The lowest BCUT2D eigenvalue weighted by Gasteiger charge is -2.36. The van der Waals surface area contributed by atoms with Crippen LogP contribution in [0, 0.1) is 6.92 Å². The molecule has 1 N–H and O–H groups in total. The van der Waals surface area contributed by atoms with Crippen molar-refractivity contribution in [2.24, 2.45) is 0 Å². The van der Waals surface area contributed by atoms with Crippen LogP contribution in [0.4, 0.5) is 16.2 Å². The minimum absolute atomic E-state index is 0.0602. The number of hydrogen-bond donors (Lipinski definition) is 1. The number of likely N-dealkylation sites (tertiary alicyclic amines) is 1. The molecule has 146 valence electrons. The zero-order valence-corrected chi connectivity index (χ0v) is 16.2. The monoisotopic (exact) mass is 378 g/mol. The Labute approximate surface area is 165 Å².